The number of amides is 1. The summed E-state index contributed by atoms with van der Waals surface area (Å²) >= 11 is 0. The fraction of sp³-hybridized carbons (Fsp3) is 0.0870. The Balaban J connectivity index is 1.82. The van der Waals surface area contributed by atoms with Crippen LogP contribution in [0.4, 0.5) is 5.82 Å². The number of aryl methyl sites for hydroxylation is 1. The second-order valence-electron chi connectivity index (χ2n) is 7.03. The van der Waals surface area contributed by atoms with Crippen LogP contribution < -0.4 is 10.3 Å². The van der Waals surface area contributed by atoms with Crippen LogP contribution in [0.15, 0.2) is 76.1 Å². The Morgan fingerprint density at radius 2 is 1.79 bits per heavy atom. The van der Waals surface area contributed by atoms with Crippen molar-refractivity contribution in [2.45, 2.75) is 13.0 Å². The number of anilines is 1. The lowest BCUT2D eigenvalue weighted by Crippen LogP contribution is -2.30. The van der Waals surface area contributed by atoms with Gasteiger partial charge in [0.2, 0.25) is 5.76 Å². The second-order valence-corrected chi connectivity index (χ2v) is 7.03. The van der Waals surface area contributed by atoms with Crippen molar-refractivity contribution in [1.82, 2.24) is 4.98 Å². The highest BCUT2D eigenvalue weighted by Crippen LogP contribution is 2.40. The topological polar surface area (TPSA) is 83.6 Å². The van der Waals surface area contributed by atoms with Gasteiger partial charge in [0.15, 0.2) is 5.43 Å². The Hall–Kier alpha value is -3.93. The average molecular weight is 384 g/mol. The van der Waals surface area contributed by atoms with Crippen molar-refractivity contribution in [3.05, 3.63) is 99.5 Å². The van der Waals surface area contributed by atoms with Gasteiger partial charge < -0.3 is 9.52 Å². The Morgan fingerprint density at radius 3 is 2.55 bits per heavy atom. The SMILES string of the molecule is Cc1ccnc(N2C(=O)c3oc4ccccc4c(=O)c3C2c2ccc(O)cc2)c1. The van der Waals surface area contributed by atoms with Crippen molar-refractivity contribution in [2.75, 3.05) is 4.90 Å². The summed E-state index contributed by atoms with van der Waals surface area (Å²) in [6.07, 6.45) is 1.63. The molecule has 2 aromatic heterocycles. The molecule has 0 saturated carbocycles. The van der Waals surface area contributed by atoms with Gasteiger partial charge in [0, 0.05) is 6.20 Å². The lowest BCUT2D eigenvalue weighted by atomic mass is 9.98. The molecule has 1 unspecified atom stereocenters. The van der Waals surface area contributed by atoms with Crippen molar-refractivity contribution < 1.29 is 14.3 Å². The number of benzene rings is 2. The van der Waals surface area contributed by atoms with Crippen molar-refractivity contribution in [3.63, 3.8) is 0 Å². The number of nitrogens with zero attached hydrogens (tertiary/aromatic N) is 2. The molecule has 0 aliphatic carbocycles. The van der Waals surface area contributed by atoms with Crippen molar-refractivity contribution in [1.29, 1.82) is 0 Å². The van der Waals surface area contributed by atoms with Crippen LogP contribution in [0, 0.1) is 6.92 Å². The molecule has 1 amide bonds. The Labute approximate surface area is 165 Å². The fourth-order valence-electron chi connectivity index (χ4n) is 3.78. The molecule has 0 spiro atoms. The van der Waals surface area contributed by atoms with Crippen LogP contribution in [0.5, 0.6) is 5.75 Å². The fourth-order valence-corrected chi connectivity index (χ4v) is 3.78. The number of carbonyl (C=O) groups is 1. The first-order valence-electron chi connectivity index (χ1n) is 9.15. The normalized spacial score (nSPS) is 15.7. The molecule has 1 aliphatic heterocycles. The highest BCUT2D eigenvalue weighted by atomic mass is 16.3. The van der Waals surface area contributed by atoms with Crippen molar-refractivity contribution in [2.24, 2.45) is 0 Å². The third-order valence-corrected chi connectivity index (χ3v) is 5.13. The molecule has 5 rings (SSSR count). The molecule has 0 saturated heterocycles. The third-order valence-electron chi connectivity index (χ3n) is 5.13. The van der Waals surface area contributed by atoms with Crippen LogP contribution in [0.25, 0.3) is 11.0 Å². The van der Waals surface area contributed by atoms with Gasteiger partial charge >= 0.3 is 0 Å². The van der Waals surface area contributed by atoms with E-state index in [1.165, 1.54) is 17.0 Å². The molecule has 6 nitrogen and oxygen atoms in total. The van der Waals surface area contributed by atoms with Gasteiger partial charge in [-0.25, -0.2) is 4.98 Å². The zero-order valence-corrected chi connectivity index (χ0v) is 15.5. The van der Waals surface area contributed by atoms with Gasteiger partial charge in [-0.1, -0.05) is 24.3 Å². The van der Waals surface area contributed by atoms with Crippen LogP contribution in [0.1, 0.15) is 33.3 Å². The summed E-state index contributed by atoms with van der Waals surface area (Å²) in [5.74, 6) is 0.140. The maximum atomic E-state index is 13.4. The number of carbonyl (C=O) groups excluding carboxylic acids is 1. The molecule has 29 heavy (non-hydrogen) atoms. The molecule has 0 bridgehead atoms. The van der Waals surface area contributed by atoms with Crippen LogP contribution in [0.3, 0.4) is 0 Å². The summed E-state index contributed by atoms with van der Waals surface area (Å²) in [5.41, 5.74) is 2.02. The summed E-state index contributed by atoms with van der Waals surface area (Å²) in [5, 5.41) is 10.1. The number of rotatable bonds is 2. The monoisotopic (exact) mass is 384 g/mol. The van der Waals surface area contributed by atoms with E-state index < -0.39 is 11.9 Å². The predicted octanol–water partition coefficient (Wildman–Crippen LogP) is 3.95. The van der Waals surface area contributed by atoms with Crippen molar-refractivity contribution in [3.8, 4) is 5.75 Å². The molecule has 2 aromatic carbocycles. The summed E-state index contributed by atoms with van der Waals surface area (Å²) in [6, 6.07) is 16.3. The number of hydrogen-bond acceptors (Lipinski definition) is 5. The maximum absolute atomic E-state index is 13.4. The number of aromatic hydroxyl groups is 1. The molecule has 0 fully saturated rings. The smallest absolute Gasteiger partial charge is 0.296 e. The lowest BCUT2D eigenvalue weighted by molar-refractivity contribution is 0.0970. The average Bonchev–Trinajstić information content (AvgIpc) is 3.02. The van der Waals surface area contributed by atoms with E-state index >= 15 is 0 Å². The lowest BCUT2D eigenvalue weighted by Gasteiger charge is -2.24. The van der Waals surface area contributed by atoms with Crippen LogP contribution >= 0.6 is 0 Å². The van der Waals surface area contributed by atoms with Crippen LogP contribution in [-0.4, -0.2) is 16.0 Å². The van der Waals surface area contributed by atoms with E-state index in [1.54, 1.807) is 48.7 Å². The summed E-state index contributed by atoms with van der Waals surface area (Å²) in [4.78, 5) is 32.6. The zero-order chi connectivity index (χ0) is 20.1. The van der Waals surface area contributed by atoms with E-state index in [2.05, 4.69) is 4.98 Å². The van der Waals surface area contributed by atoms with Gasteiger partial charge in [0.05, 0.1) is 17.0 Å². The quantitative estimate of drug-likeness (QED) is 0.566. The first-order valence-corrected chi connectivity index (χ1v) is 9.15. The minimum Gasteiger partial charge on any atom is -0.508 e. The zero-order valence-electron chi connectivity index (χ0n) is 15.5. The Bertz CT molecular complexity index is 1330. The van der Waals surface area contributed by atoms with E-state index in [0.29, 0.717) is 22.4 Å². The van der Waals surface area contributed by atoms with E-state index in [1.807, 2.05) is 13.0 Å². The van der Waals surface area contributed by atoms with E-state index in [-0.39, 0.29) is 22.5 Å². The summed E-state index contributed by atoms with van der Waals surface area (Å²) in [7, 11) is 0. The standard InChI is InChI=1S/C23H16N2O4/c1-13-10-11-24-18(12-13)25-20(14-6-8-15(26)9-7-14)19-21(27)16-4-2-3-5-17(16)29-22(19)23(25)28/h2-12,20,26H,1H3. The maximum Gasteiger partial charge on any atom is 0.296 e. The largest absolute Gasteiger partial charge is 0.508 e. The molecule has 142 valence electrons. The van der Waals surface area contributed by atoms with Crippen LogP contribution in [-0.2, 0) is 0 Å². The molecule has 0 radical (unpaired) electrons. The van der Waals surface area contributed by atoms with E-state index in [9.17, 15) is 14.7 Å². The summed E-state index contributed by atoms with van der Waals surface area (Å²) < 4.78 is 5.89. The van der Waals surface area contributed by atoms with E-state index in [4.69, 9.17) is 4.42 Å². The van der Waals surface area contributed by atoms with Gasteiger partial charge in [-0.2, -0.15) is 0 Å². The number of phenolic OH excluding ortho intramolecular Hbond substituents is 1. The Morgan fingerprint density at radius 1 is 1.03 bits per heavy atom. The molecular weight excluding hydrogens is 368 g/mol. The minimum atomic E-state index is -0.701. The first-order chi connectivity index (χ1) is 14.0. The highest BCUT2D eigenvalue weighted by Gasteiger charge is 2.44. The van der Waals surface area contributed by atoms with Crippen molar-refractivity contribution >= 4 is 22.7 Å². The number of fused-ring (bicyclic) bond motifs is 2. The number of para-hydroxylation sites is 1. The van der Waals surface area contributed by atoms with Gasteiger partial charge in [-0.15, -0.1) is 0 Å². The predicted molar refractivity (Wildman–Crippen MR) is 108 cm³/mol. The molecule has 4 aromatic rings. The second kappa shape index (κ2) is 6.31. The molecule has 1 N–H and O–H groups in total. The van der Waals surface area contributed by atoms with E-state index in [0.717, 1.165) is 5.56 Å². The number of pyridine rings is 1. The van der Waals surface area contributed by atoms with Gasteiger partial charge in [0.1, 0.15) is 17.2 Å². The minimum absolute atomic E-state index is 0.0232. The summed E-state index contributed by atoms with van der Waals surface area (Å²) in [6.45, 7) is 1.91. The molecule has 1 aliphatic rings. The molecule has 6 heteroatoms. The highest BCUT2D eigenvalue weighted by molar-refractivity contribution is 6.10. The Kier molecular flexibility index (Phi) is 3.74. The van der Waals surface area contributed by atoms with Gasteiger partial charge in [-0.05, 0) is 54.4 Å². The molecular formula is C23H16N2O4. The number of phenols is 1. The number of hydrogen-bond donors (Lipinski definition) is 1. The molecule has 3 heterocycles. The first kappa shape index (κ1) is 17.2. The number of aromatic nitrogens is 1. The third kappa shape index (κ3) is 2.61. The van der Waals surface area contributed by atoms with Crippen LogP contribution in [0.2, 0.25) is 0 Å². The molecule has 1 atom stereocenters. The van der Waals surface area contributed by atoms with Gasteiger partial charge in [-0.3, -0.25) is 14.5 Å². The van der Waals surface area contributed by atoms with Gasteiger partial charge in [0.25, 0.3) is 5.91 Å².